The molecule has 0 atom stereocenters. The molecule has 0 spiro atoms. The van der Waals surface area contributed by atoms with Gasteiger partial charge in [0.2, 0.25) is 0 Å². The summed E-state index contributed by atoms with van der Waals surface area (Å²) in [5.74, 6) is -0.314. The number of carbonyl (C=O) groups excluding carboxylic acids is 2. The SMILES string of the molecule is Cc1cc(N2CCN(C)CC2)cc(C2=C(c3c[nH]c4ccccc34)C(=O)CC2=O)c1Cl. The van der Waals surface area contributed by atoms with Gasteiger partial charge < -0.3 is 14.8 Å². The number of para-hydroxylation sites is 1. The minimum absolute atomic E-state index is 0.113. The predicted octanol–water partition coefficient (Wildman–Crippen LogP) is 4.33. The lowest BCUT2D eigenvalue weighted by Gasteiger charge is -2.34. The number of anilines is 1. The molecule has 0 radical (unpaired) electrons. The standard InChI is InChI=1S/C25H24ClN3O2/c1-15-11-16(29-9-7-28(2)8-10-29)12-18(25(15)26)23-21(30)13-22(31)24(23)19-14-27-20-6-4-3-5-17(19)20/h3-6,11-12,14,27H,7-10,13H2,1-2H3. The first-order valence-electron chi connectivity index (χ1n) is 10.5. The number of aromatic nitrogens is 1. The number of Topliss-reactive ketones (excluding diaryl/α,β-unsaturated/α-hetero) is 2. The molecule has 31 heavy (non-hydrogen) atoms. The fraction of sp³-hybridized carbons (Fsp3) is 0.280. The Kier molecular flexibility index (Phi) is 4.95. The van der Waals surface area contributed by atoms with Gasteiger partial charge in [-0.05, 0) is 37.7 Å². The molecule has 2 heterocycles. The molecule has 0 unspecified atom stereocenters. The number of rotatable bonds is 3. The molecule has 1 aromatic heterocycles. The van der Waals surface area contributed by atoms with Crippen molar-refractivity contribution in [1.82, 2.24) is 9.88 Å². The van der Waals surface area contributed by atoms with Gasteiger partial charge in [0.1, 0.15) is 0 Å². The topological polar surface area (TPSA) is 56.4 Å². The van der Waals surface area contributed by atoms with Crippen LogP contribution in [-0.4, -0.2) is 54.7 Å². The third kappa shape index (κ3) is 3.38. The van der Waals surface area contributed by atoms with Gasteiger partial charge in [0.25, 0.3) is 0 Å². The molecular weight excluding hydrogens is 410 g/mol. The van der Waals surface area contributed by atoms with Gasteiger partial charge in [-0.1, -0.05) is 29.8 Å². The molecule has 5 nitrogen and oxygen atoms in total. The highest BCUT2D eigenvalue weighted by molar-refractivity contribution is 6.53. The first-order chi connectivity index (χ1) is 14.9. The highest BCUT2D eigenvalue weighted by Gasteiger charge is 2.35. The molecule has 158 valence electrons. The number of likely N-dealkylation sites (N-methyl/N-ethyl adjacent to an activating group) is 1. The Morgan fingerprint density at radius 2 is 1.61 bits per heavy atom. The lowest BCUT2D eigenvalue weighted by Crippen LogP contribution is -2.44. The average molecular weight is 434 g/mol. The van der Waals surface area contributed by atoms with Gasteiger partial charge in [-0.25, -0.2) is 0 Å². The van der Waals surface area contributed by atoms with E-state index in [1.165, 1.54) is 0 Å². The van der Waals surface area contributed by atoms with E-state index in [1.54, 1.807) is 0 Å². The molecule has 1 fully saturated rings. The van der Waals surface area contributed by atoms with Crippen LogP contribution in [0, 0.1) is 6.92 Å². The van der Waals surface area contributed by atoms with E-state index in [0.29, 0.717) is 21.7 Å². The average Bonchev–Trinajstić information content (AvgIpc) is 3.30. The van der Waals surface area contributed by atoms with Crippen LogP contribution in [0.3, 0.4) is 0 Å². The molecule has 3 aromatic rings. The number of hydrogen-bond donors (Lipinski definition) is 1. The van der Waals surface area contributed by atoms with Crippen molar-refractivity contribution >= 4 is 50.9 Å². The van der Waals surface area contributed by atoms with Crippen LogP contribution in [0.2, 0.25) is 5.02 Å². The minimum Gasteiger partial charge on any atom is -0.369 e. The van der Waals surface area contributed by atoms with Crippen molar-refractivity contribution in [2.45, 2.75) is 13.3 Å². The highest BCUT2D eigenvalue weighted by atomic mass is 35.5. The van der Waals surface area contributed by atoms with E-state index in [4.69, 9.17) is 11.6 Å². The van der Waals surface area contributed by atoms with Gasteiger partial charge in [-0.2, -0.15) is 0 Å². The van der Waals surface area contributed by atoms with E-state index in [-0.39, 0.29) is 18.0 Å². The van der Waals surface area contributed by atoms with Gasteiger partial charge in [0.15, 0.2) is 11.6 Å². The first kappa shape index (κ1) is 20.0. The second-order valence-corrected chi connectivity index (χ2v) is 8.81. The molecule has 6 heteroatoms. The molecule has 1 aliphatic carbocycles. The van der Waals surface area contributed by atoms with Crippen molar-refractivity contribution in [2.75, 3.05) is 38.1 Å². The maximum Gasteiger partial charge on any atom is 0.172 e. The van der Waals surface area contributed by atoms with Gasteiger partial charge in [-0.3, -0.25) is 9.59 Å². The molecule has 2 aliphatic rings. The normalized spacial score (nSPS) is 18.0. The summed E-state index contributed by atoms with van der Waals surface area (Å²) in [6, 6.07) is 11.9. The second kappa shape index (κ2) is 7.66. The van der Waals surface area contributed by atoms with E-state index in [1.807, 2.05) is 43.5 Å². The van der Waals surface area contributed by atoms with Crippen molar-refractivity contribution in [3.63, 3.8) is 0 Å². The largest absolute Gasteiger partial charge is 0.369 e. The number of nitrogens with zero attached hydrogens (tertiary/aromatic N) is 2. The number of nitrogens with one attached hydrogen (secondary N) is 1. The quantitative estimate of drug-likeness (QED) is 0.624. The van der Waals surface area contributed by atoms with Crippen LogP contribution >= 0.6 is 11.6 Å². The maximum absolute atomic E-state index is 13.1. The zero-order valence-corrected chi connectivity index (χ0v) is 18.4. The van der Waals surface area contributed by atoms with Gasteiger partial charge in [0.05, 0.1) is 11.4 Å². The van der Waals surface area contributed by atoms with Crippen LogP contribution in [0.5, 0.6) is 0 Å². The summed E-state index contributed by atoms with van der Waals surface area (Å²) in [6.07, 6.45) is 1.71. The number of fused-ring (bicyclic) bond motifs is 1. The van der Waals surface area contributed by atoms with Crippen LogP contribution in [0.25, 0.3) is 22.0 Å². The molecule has 5 rings (SSSR count). The number of ketones is 2. The van der Waals surface area contributed by atoms with E-state index >= 15 is 0 Å². The Balaban J connectivity index is 1.70. The number of benzene rings is 2. The van der Waals surface area contributed by atoms with E-state index in [0.717, 1.165) is 53.9 Å². The number of H-pyrrole nitrogens is 1. The Labute approximate surface area is 186 Å². The fourth-order valence-corrected chi connectivity index (χ4v) is 4.83. The maximum atomic E-state index is 13.1. The van der Waals surface area contributed by atoms with Gasteiger partial charge in [0, 0.05) is 71.2 Å². The number of halogens is 1. The Bertz CT molecular complexity index is 1250. The molecular formula is C25H24ClN3O2. The predicted molar refractivity (Wildman–Crippen MR) is 126 cm³/mol. The smallest absolute Gasteiger partial charge is 0.172 e. The van der Waals surface area contributed by atoms with Gasteiger partial charge in [-0.15, -0.1) is 0 Å². The van der Waals surface area contributed by atoms with E-state index in [9.17, 15) is 9.59 Å². The Morgan fingerprint density at radius 3 is 2.35 bits per heavy atom. The van der Waals surface area contributed by atoms with E-state index in [2.05, 4.69) is 27.9 Å². The third-order valence-corrected chi connectivity index (χ3v) is 6.87. The van der Waals surface area contributed by atoms with Crippen LogP contribution in [-0.2, 0) is 9.59 Å². The lowest BCUT2D eigenvalue weighted by atomic mass is 9.94. The summed E-state index contributed by atoms with van der Waals surface area (Å²) in [5.41, 5.74) is 5.23. The number of aromatic amines is 1. The van der Waals surface area contributed by atoms with Crippen molar-refractivity contribution in [2.24, 2.45) is 0 Å². The summed E-state index contributed by atoms with van der Waals surface area (Å²) >= 11 is 6.73. The molecule has 0 bridgehead atoms. The van der Waals surface area contributed by atoms with Crippen LogP contribution in [0.1, 0.15) is 23.1 Å². The zero-order valence-electron chi connectivity index (χ0n) is 17.7. The van der Waals surface area contributed by atoms with Crippen LogP contribution < -0.4 is 4.90 Å². The zero-order chi connectivity index (χ0) is 21.7. The summed E-state index contributed by atoms with van der Waals surface area (Å²) < 4.78 is 0. The summed E-state index contributed by atoms with van der Waals surface area (Å²) in [4.78, 5) is 33.9. The van der Waals surface area contributed by atoms with Crippen LogP contribution in [0.15, 0.2) is 42.6 Å². The summed E-state index contributed by atoms with van der Waals surface area (Å²) in [5, 5.41) is 1.47. The van der Waals surface area contributed by atoms with Crippen molar-refractivity contribution in [1.29, 1.82) is 0 Å². The molecule has 0 amide bonds. The molecule has 1 N–H and O–H groups in total. The molecule has 2 aromatic carbocycles. The highest BCUT2D eigenvalue weighted by Crippen LogP contribution is 2.42. The van der Waals surface area contributed by atoms with Gasteiger partial charge >= 0.3 is 0 Å². The number of aryl methyl sites for hydroxylation is 1. The number of allylic oxidation sites excluding steroid dienone is 2. The number of hydrogen-bond acceptors (Lipinski definition) is 4. The Morgan fingerprint density at radius 1 is 0.935 bits per heavy atom. The van der Waals surface area contributed by atoms with Crippen molar-refractivity contribution in [3.8, 4) is 0 Å². The molecule has 0 saturated carbocycles. The summed E-state index contributed by atoms with van der Waals surface area (Å²) in [7, 11) is 2.12. The number of piperazine rings is 1. The summed E-state index contributed by atoms with van der Waals surface area (Å²) in [6.45, 7) is 5.75. The van der Waals surface area contributed by atoms with Crippen molar-refractivity contribution < 1.29 is 9.59 Å². The lowest BCUT2D eigenvalue weighted by molar-refractivity contribution is -0.119. The van der Waals surface area contributed by atoms with Crippen LogP contribution in [0.4, 0.5) is 5.69 Å². The number of carbonyl (C=O) groups is 2. The van der Waals surface area contributed by atoms with Crippen molar-refractivity contribution in [3.05, 3.63) is 64.3 Å². The minimum atomic E-state index is -0.165. The fourth-order valence-electron chi connectivity index (χ4n) is 4.63. The molecule has 1 saturated heterocycles. The third-order valence-electron chi connectivity index (χ3n) is 6.36. The Hall–Kier alpha value is -2.89. The second-order valence-electron chi connectivity index (χ2n) is 8.44. The molecule has 1 aliphatic heterocycles. The monoisotopic (exact) mass is 433 g/mol. The van der Waals surface area contributed by atoms with E-state index < -0.39 is 0 Å². The first-order valence-corrected chi connectivity index (χ1v) is 10.9.